The fraction of sp³-hybridized carbons (Fsp3) is 0.261. The second-order valence-corrected chi connectivity index (χ2v) is 7.43. The van der Waals surface area contributed by atoms with Gasteiger partial charge in [-0.25, -0.2) is 4.79 Å². The standard InChI is InChI=1S/C23H25ClN2O4.ClH/c1-15(25-14-21(27)16-5-3-7-18(24)11-16)13-26-19-8-4-6-17(12-19)22-20(9-10-30-22)23(28)29-2;/h3-12,15,21,25-27H,13-14H2,1-2H3;1H/t15-,21+;/m1./s1. The van der Waals surface area contributed by atoms with Crippen molar-refractivity contribution in [1.82, 2.24) is 5.32 Å². The minimum absolute atomic E-state index is 0. The summed E-state index contributed by atoms with van der Waals surface area (Å²) < 4.78 is 10.3. The average Bonchev–Trinajstić information content (AvgIpc) is 3.25. The first-order chi connectivity index (χ1) is 14.5. The van der Waals surface area contributed by atoms with Gasteiger partial charge in [0.25, 0.3) is 0 Å². The maximum atomic E-state index is 11.9. The molecule has 1 heterocycles. The quantitative estimate of drug-likeness (QED) is 0.389. The van der Waals surface area contributed by atoms with E-state index in [0.29, 0.717) is 29.4 Å². The Labute approximate surface area is 193 Å². The molecular weight excluding hydrogens is 439 g/mol. The van der Waals surface area contributed by atoms with Crippen molar-refractivity contribution < 1.29 is 19.1 Å². The Bertz CT molecular complexity index is 993. The highest BCUT2D eigenvalue weighted by Gasteiger charge is 2.17. The number of benzene rings is 2. The van der Waals surface area contributed by atoms with Crippen molar-refractivity contribution in [3.8, 4) is 11.3 Å². The number of hydrogen-bond donors (Lipinski definition) is 3. The number of esters is 1. The van der Waals surface area contributed by atoms with Gasteiger partial charge in [-0.05, 0) is 42.8 Å². The van der Waals surface area contributed by atoms with Crippen molar-refractivity contribution in [3.63, 3.8) is 0 Å². The molecule has 31 heavy (non-hydrogen) atoms. The minimum Gasteiger partial charge on any atom is -0.465 e. The van der Waals surface area contributed by atoms with E-state index < -0.39 is 12.1 Å². The zero-order valence-corrected chi connectivity index (χ0v) is 18.9. The van der Waals surface area contributed by atoms with E-state index in [1.165, 1.54) is 13.4 Å². The first-order valence-corrected chi connectivity index (χ1v) is 10.0. The van der Waals surface area contributed by atoms with Crippen molar-refractivity contribution in [2.45, 2.75) is 19.1 Å². The van der Waals surface area contributed by atoms with Crippen LogP contribution in [-0.2, 0) is 4.74 Å². The van der Waals surface area contributed by atoms with Crippen LogP contribution in [0.3, 0.4) is 0 Å². The molecule has 3 aromatic rings. The van der Waals surface area contributed by atoms with Crippen LogP contribution in [0.1, 0.15) is 28.9 Å². The van der Waals surface area contributed by atoms with Gasteiger partial charge in [0.15, 0.2) is 0 Å². The van der Waals surface area contributed by atoms with Gasteiger partial charge in [-0.1, -0.05) is 35.9 Å². The molecule has 0 saturated carbocycles. The molecule has 0 aliphatic heterocycles. The second-order valence-electron chi connectivity index (χ2n) is 7.00. The van der Waals surface area contributed by atoms with Crippen LogP contribution < -0.4 is 10.6 Å². The van der Waals surface area contributed by atoms with Crippen LogP contribution in [-0.4, -0.2) is 37.3 Å². The summed E-state index contributed by atoms with van der Waals surface area (Å²) in [5.74, 6) is 0.0366. The third kappa shape index (κ3) is 6.74. The summed E-state index contributed by atoms with van der Waals surface area (Å²) in [5.41, 5.74) is 2.84. The van der Waals surface area contributed by atoms with E-state index in [9.17, 15) is 9.90 Å². The lowest BCUT2D eigenvalue weighted by Gasteiger charge is -2.19. The molecule has 0 spiro atoms. The van der Waals surface area contributed by atoms with E-state index in [2.05, 4.69) is 10.6 Å². The lowest BCUT2D eigenvalue weighted by Crippen LogP contribution is -2.35. The molecule has 2 aromatic carbocycles. The molecule has 3 rings (SSSR count). The molecule has 0 saturated heterocycles. The van der Waals surface area contributed by atoms with Crippen LogP contribution in [0, 0.1) is 0 Å². The highest BCUT2D eigenvalue weighted by atomic mass is 35.5. The Morgan fingerprint density at radius 1 is 1.16 bits per heavy atom. The van der Waals surface area contributed by atoms with Crippen LogP contribution >= 0.6 is 24.0 Å². The Balaban J connectivity index is 0.00000341. The average molecular weight is 465 g/mol. The predicted octanol–water partition coefficient (Wildman–Crippen LogP) is 4.93. The summed E-state index contributed by atoms with van der Waals surface area (Å²) >= 11 is 5.98. The van der Waals surface area contributed by atoms with E-state index in [4.69, 9.17) is 20.8 Å². The number of anilines is 1. The minimum atomic E-state index is -0.634. The van der Waals surface area contributed by atoms with Gasteiger partial charge >= 0.3 is 5.97 Å². The van der Waals surface area contributed by atoms with Crippen LogP contribution in [0.4, 0.5) is 5.69 Å². The molecule has 0 bridgehead atoms. The van der Waals surface area contributed by atoms with Gasteiger partial charge in [0.2, 0.25) is 0 Å². The van der Waals surface area contributed by atoms with Gasteiger partial charge < -0.3 is 24.9 Å². The summed E-state index contributed by atoms with van der Waals surface area (Å²) in [6, 6.07) is 16.5. The lowest BCUT2D eigenvalue weighted by atomic mass is 10.1. The number of furan rings is 1. The monoisotopic (exact) mass is 464 g/mol. The van der Waals surface area contributed by atoms with Gasteiger partial charge in [0.1, 0.15) is 11.3 Å². The van der Waals surface area contributed by atoms with Crippen LogP contribution in [0.25, 0.3) is 11.3 Å². The number of rotatable bonds is 9. The number of carbonyl (C=O) groups is 1. The summed E-state index contributed by atoms with van der Waals surface area (Å²) in [4.78, 5) is 11.9. The van der Waals surface area contributed by atoms with Crippen molar-refractivity contribution in [2.75, 3.05) is 25.5 Å². The van der Waals surface area contributed by atoms with E-state index in [1.807, 2.05) is 43.3 Å². The summed E-state index contributed by atoms with van der Waals surface area (Å²) in [5, 5.41) is 17.6. The van der Waals surface area contributed by atoms with Crippen LogP contribution in [0.2, 0.25) is 5.02 Å². The van der Waals surface area contributed by atoms with Crippen LogP contribution in [0.5, 0.6) is 0 Å². The number of nitrogens with one attached hydrogen (secondary N) is 2. The molecule has 1 aromatic heterocycles. The molecule has 2 atom stereocenters. The maximum absolute atomic E-state index is 11.9. The smallest absolute Gasteiger partial charge is 0.341 e. The molecule has 0 amide bonds. The fourth-order valence-electron chi connectivity index (χ4n) is 3.06. The summed E-state index contributed by atoms with van der Waals surface area (Å²) in [7, 11) is 1.34. The normalized spacial score (nSPS) is 12.5. The molecule has 3 N–H and O–H groups in total. The molecule has 6 nitrogen and oxygen atoms in total. The summed E-state index contributed by atoms with van der Waals surface area (Å²) in [6.45, 7) is 3.09. The molecular formula is C23H26Cl2N2O4. The topological polar surface area (TPSA) is 83.7 Å². The number of aliphatic hydroxyl groups excluding tert-OH is 1. The van der Waals surface area contributed by atoms with E-state index in [1.54, 1.807) is 18.2 Å². The highest BCUT2D eigenvalue weighted by Crippen LogP contribution is 2.27. The molecule has 0 aliphatic rings. The van der Waals surface area contributed by atoms with Gasteiger partial charge in [0.05, 0.1) is 19.5 Å². The van der Waals surface area contributed by atoms with Crippen molar-refractivity contribution in [2.24, 2.45) is 0 Å². The largest absolute Gasteiger partial charge is 0.465 e. The SMILES string of the molecule is COC(=O)c1ccoc1-c1cccc(NC[C@@H](C)NC[C@H](O)c2cccc(Cl)c2)c1.Cl. The first kappa shape index (κ1) is 24.8. The zero-order chi connectivity index (χ0) is 21.5. The molecule has 8 heteroatoms. The van der Waals surface area contributed by atoms with Crippen molar-refractivity contribution in [1.29, 1.82) is 0 Å². The van der Waals surface area contributed by atoms with E-state index in [0.717, 1.165) is 16.8 Å². The number of ether oxygens (including phenoxy) is 1. The first-order valence-electron chi connectivity index (χ1n) is 9.65. The number of methoxy groups -OCH3 is 1. The van der Waals surface area contributed by atoms with Gasteiger partial charge in [0, 0.05) is 35.4 Å². The van der Waals surface area contributed by atoms with Gasteiger partial charge in [-0.15, -0.1) is 12.4 Å². The number of halogens is 2. The Morgan fingerprint density at radius 2 is 1.94 bits per heavy atom. The Morgan fingerprint density at radius 3 is 2.68 bits per heavy atom. The second kappa shape index (κ2) is 11.8. The van der Waals surface area contributed by atoms with E-state index >= 15 is 0 Å². The summed E-state index contributed by atoms with van der Waals surface area (Å²) in [6.07, 6.45) is 0.837. The van der Waals surface area contributed by atoms with Crippen molar-refractivity contribution >= 4 is 35.7 Å². The Hall–Kier alpha value is -2.51. The predicted molar refractivity (Wildman–Crippen MR) is 125 cm³/mol. The van der Waals surface area contributed by atoms with Crippen LogP contribution in [0.15, 0.2) is 65.3 Å². The third-order valence-corrected chi connectivity index (χ3v) is 4.94. The number of carbonyl (C=O) groups excluding carboxylic acids is 1. The Kier molecular flexibility index (Phi) is 9.40. The molecule has 0 radical (unpaired) electrons. The van der Waals surface area contributed by atoms with Crippen molar-refractivity contribution in [3.05, 3.63) is 77.0 Å². The zero-order valence-electron chi connectivity index (χ0n) is 17.3. The number of aliphatic hydroxyl groups is 1. The van der Waals surface area contributed by atoms with Gasteiger partial charge in [-0.2, -0.15) is 0 Å². The fourth-order valence-corrected chi connectivity index (χ4v) is 3.26. The molecule has 0 fully saturated rings. The van der Waals surface area contributed by atoms with Gasteiger partial charge in [-0.3, -0.25) is 0 Å². The maximum Gasteiger partial charge on any atom is 0.341 e. The molecule has 0 aliphatic carbocycles. The third-order valence-electron chi connectivity index (χ3n) is 4.70. The molecule has 166 valence electrons. The molecule has 0 unspecified atom stereocenters. The highest BCUT2D eigenvalue weighted by molar-refractivity contribution is 6.30. The lowest BCUT2D eigenvalue weighted by molar-refractivity contribution is 0.0601. The number of hydrogen-bond acceptors (Lipinski definition) is 6. The van der Waals surface area contributed by atoms with E-state index in [-0.39, 0.29) is 18.4 Å².